The van der Waals surface area contributed by atoms with E-state index in [2.05, 4.69) is 15.6 Å². The molecule has 4 rings (SSSR count). The number of nitrogens with two attached hydrogens (primary N) is 1. The number of carbonyl (C=O) groups is 2. The monoisotopic (exact) mass is 421 g/mol. The van der Waals surface area contributed by atoms with Gasteiger partial charge in [0.05, 0.1) is 22.4 Å². The number of halogens is 1. The van der Waals surface area contributed by atoms with Gasteiger partial charge in [0.2, 0.25) is 5.91 Å². The third-order valence-electron chi connectivity index (χ3n) is 5.41. The molecule has 0 atom stereocenters. The summed E-state index contributed by atoms with van der Waals surface area (Å²) in [4.78, 5) is 41.6. The second kappa shape index (κ2) is 7.67. The van der Waals surface area contributed by atoms with Gasteiger partial charge in [-0.05, 0) is 55.3 Å². The van der Waals surface area contributed by atoms with Gasteiger partial charge in [-0.1, -0.05) is 0 Å². The first-order chi connectivity index (χ1) is 14.9. The lowest BCUT2D eigenvalue weighted by atomic mass is 9.99. The first-order valence-electron chi connectivity index (χ1n) is 9.63. The van der Waals surface area contributed by atoms with Crippen LogP contribution in [0, 0.1) is 5.82 Å². The molecule has 1 aliphatic rings. The van der Waals surface area contributed by atoms with Gasteiger partial charge in [0.1, 0.15) is 11.5 Å². The van der Waals surface area contributed by atoms with Crippen LogP contribution in [0.4, 0.5) is 15.8 Å². The molecule has 1 aromatic carbocycles. The zero-order valence-electron chi connectivity index (χ0n) is 16.7. The van der Waals surface area contributed by atoms with E-state index in [9.17, 15) is 18.8 Å². The highest BCUT2D eigenvalue weighted by atomic mass is 19.1. The zero-order chi connectivity index (χ0) is 22.2. The van der Waals surface area contributed by atoms with Crippen LogP contribution in [0.3, 0.4) is 0 Å². The molecule has 3 aromatic rings. The Labute approximate surface area is 176 Å². The highest BCUT2D eigenvalue weighted by Crippen LogP contribution is 2.47. The molecule has 4 N–H and O–H groups in total. The van der Waals surface area contributed by atoms with Crippen LogP contribution in [0.2, 0.25) is 0 Å². The van der Waals surface area contributed by atoms with Crippen LogP contribution in [-0.4, -0.2) is 28.4 Å². The van der Waals surface area contributed by atoms with Crippen LogP contribution in [0.25, 0.3) is 5.69 Å². The molecule has 0 bridgehead atoms. The van der Waals surface area contributed by atoms with Crippen molar-refractivity contribution < 1.29 is 14.0 Å². The van der Waals surface area contributed by atoms with Crippen molar-refractivity contribution in [1.82, 2.24) is 14.9 Å². The molecule has 0 radical (unpaired) electrons. The normalized spacial score (nSPS) is 14.0. The Bertz CT molecular complexity index is 1230. The van der Waals surface area contributed by atoms with E-state index in [1.165, 1.54) is 42.1 Å². The minimum Gasteiger partial charge on any atom is -0.369 e. The molecule has 31 heavy (non-hydrogen) atoms. The molecule has 0 saturated heterocycles. The molecule has 1 saturated carbocycles. The maximum absolute atomic E-state index is 13.2. The van der Waals surface area contributed by atoms with Crippen molar-refractivity contribution in [3.63, 3.8) is 0 Å². The van der Waals surface area contributed by atoms with Gasteiger partial charge < -0.3 is 16.4 Å². The molecule has 2 aromatic heterocycles. The summed E-state index contributed by atoms with van der Waals surface area (Å²) in [5.41, 5.74) is 5.98. The fraction of sp³-hybridized carbons (Fsp3) is 0.182. The number of amides is 2. The van der Waals surface area contributed by atoms with E-state index in [4.69, 9.17) is 5.73 Å². The minimum atomic E-state index is -0.845. The summed E-state index contributed by atoms with van der Waals surface area (Å²) in [6.07, 6.45) is 4.08. The fourth-order valence-electron chi connectivity index (χ4n) is 3.43. The predicted octanol–water partition coefficient (Wildman–Crippen LogP) is 1.99. The number of hydrogen-bond acceptors (Lipinski definition) is 5. The number of carbonyl (C=O) groups excluding carboxylic acids is 2. The molecule has 2 heterocycles. The summed E-state index contributed by atoms with van der Waals surface area (Å²) in [6.45, 7) is 0. The molecule has 1 fully saturated rings. The topological polar surface area (TPSA) is 119 Å². The predicted molar refractivity (Wildman–Crippen MR) is 113 cm³/mol. The average Bonchev–Trinajstić information content (AvgIpc) is 3.58. The number of primary amides is 1. The number of nitrogens with one attached hydrogen (secondary N) is 2. The number of nitrogens with zero attached hydrogens (tertiary/aromatic N) is 2. The summed E-state index contributed by atoms with van der Waals surface area (Å²) in [6, 6.07) is 10.3. The van der Waals surface area contributed by atoms with E-state index in [-0.39, 0.29) is 11.3 Å². The Morgan fingerprint density at radius 1 is 1.16 bits per heavy atom. The second-order valence-corrected chi connectivity index (χ2v) is 7.34. The molecular weight excluding hydrogens is 401 g/mol. The van der Waals surface area contributed by atoms with E-state index in [0.29, 0.717) is 29.9 Å². The summed E-state index contributed by atoms with van der Waals surface area (Å²) in [5.74, 6) is -1.29. The molecule has 0 aliphatic heterocycles. The maximum atomic E-state index is 13.2. The maximum Gasteiger partial charge on any atom is 0.278 e. The van der Waals surface area contributed by atoms with Crippen molar-refractivity contribution in [2.24, 2.45) is 5.73 Å². The average molecular weight is 421 g/mol. The summed E-state index contributed by atoms with van der Waals surface area (Å²) < 4.78 is 14.6. The first kappa shape index (κ1) is 20.3. The standard InChI is InChI=1S/C22H20FN5O3/c1-25-19(29)15-12-26-18(22(8-9-22)21(24)31)11-17(15)27-16-3-2-10-28(20(16)30)14-6-4-13(23)5-7-14/h2-7,10-12H,8-9H2,1H3,(H2,24,31)(H,25,29)(H,26,27). The quantitative estimate of drug-likeness (QED) is 0.562. The van der Waals surface area contributed by atoms with Gasteiger partial charge in [-0.25, -0.2) is 4.39 Å². The number of rotatable bonds is 6. The number of benzene rings is 1. The van der Waals surface area contributed by atoms with Crippen LogP contribution in [-0.2, 0) is 10.2 Å². The highest BCUT2D eigenvalue weighted by molar-refractivity contribution is 6.00. The van der Waals surface area contributed by atoms with E-state index < -0.39 is 28.6 Å². The Kier molecular flexibility index (Phi) is 5.02. The Hall–Kier alpha value is -4.01. The molecule has 8 nitrogen and oxygen atoms in total. The van der Waals surface area contributed by atoms with Gasteiger partial charge in [-0.2, -0.15) is 0 Å². The van der Waals surface area contributed by atoms with Crippen LogP contribution < -0.4 is 21.9 Å². The lowest BCUT2D eigenvalue weighted by Crippen LogP contribution is -2.30. The van der Waals surface area contributed by atoms with Crippen LogP contribution in [0.15, 0.2) is 59.7 Å². The third-order valence-corrected chi connectivity index (χ3v) is 5.41. The molecule has 9 heteroatoms. The van der Waals surface area contributed by atoms with Crippen molar-refractivity contribution in [1.29, 1.82) is 0 Å². The van der Waals surface area contributed by atoms with Crippen LogP contribution >= 0.6 is 0 Å². The second-order valence-electron chi connectivity index (χ2n) is 7.34. The molecule has 2 amide bonds. The first-order valence-corrected chi connectivity index (χ1v) is 9.63. The SMILES string of the molecule is CNC(=O)c1cnc(C2(C(N)=O)CC2)cc1Nc1cccn(-c2ccc(F)cc2)c1=O. The molecule has 158 valence electrons. The van der Waals surface area contributed by atoms with E-state index in [1.807, 2.05) is 0 Å². The van der Waals surface area contributed by atoms with E-state index >= 15 is 0 Å². The number of anilines is 2. The Balaban J connectivity index is 1.77. The fourth-order valence-corrected chi connectivity index (χ4v) is 3.43. The lowest BCUT2D eigenvalue weighted by Gasteiger charge is -2.16. The summed E-state index contributed by atoms with van der Waals surface area (Å²) in [7, 11) is 1.48. The molecule has 0 unspecified atom stereocenters. The molecule has 1 aliphatic carbocycles. The smallest absolute Gasteiger partial charge is 0.278 e. The number of hydrogen-bond donors (Lipinski definition) is 3. The lowest BCUT2D eigenvalue weighted by molar-refractivity contribution is -0.120. The van der Waals surface area contributed by atoms with Gasteiger partial charge in [0, 0.05) is 25.1 Å². The van der Waals surface area contributed by atoms with Crippen LogP contribution in [0.1, 0.15) is 28.9 Å². The van der Waals surface area contributed by atoms with Crippen molar-refractivity contribution in [3.05, 3.63) is 82.3 Å². The van der Waals surface area contributed by atoms with Gasteiger partial charge in [0.15, 0.2) is 0 Å². The van der Waals surface area contributed by atoms with Crippen molar-refractivity contribution in [2.45, 2.75) is 18.3 Å². The number of aromatic nitrogens is 2. The van der Waals surface area contributed by atoms with Gasteiger partial charge >= 0.3 is 0 Å². The summed E-state index contributed by atoms with van der Waals surface area (Å²) >= 11 is 0. The van der Waals surface area contributed by atoms with Gasteiger partial charge in [-0.3, -0.25) is 23.9 Å². The molecule has 0 spiro atoms. The van der Waals surface area contributed by atoms with E-state index in [1.54, 1.807) is 24.4 Å². The largest absolute Gasteiger partial charge is 0.369 e. The van der Waals surface area contributed by atoms with Crippen molar-refractivity contribution in [3.8, 4) is 5.69 Å². The highest BCUT2D eigenvalue weighted by Gasteiger charge is 2.51. The van der Waals surface area contributed by atoms with Gasteiger partial charge in [-0.15, -0.1) is 0 Å². The van der Waals surface area contributed by atoms with Crippen molar-refractivity contribution in [2.75, 3.05) is 12.4 Å². The summed E-state index contributed by atoms with van der Waals surface area (Å²) in [5, 5.41) is 5.53. The number of pyridine rings is 2. The Morgan fingerprint density at radius 2 is 1.87 bits per heavy atom. The van der Waals surface area contributed by atoms with E-state index in [0.717, 1.165) is 0 Å². The van der Waals surface area contributed by atoms with Gasteiger partial charge in [0.25, 0.3) is 11.5 Å². The van der Waals surface area contributed by atoms with Crippen LogP contribution in [0.5, 0.6) is 0 Å². The Morgan fingerprint density at radius 3 is 2.48 bits per heavy atom. The minimum absolute atomic E-state index is 0.193. The third kappa shape index (κ3) is 3.65. The van der Waals surface area contributed by atoms with Crippen molar-refractivity contribution >= 4 is 23.2 Å². The zero-order valence-corrected chi connectivity index (χ0v) is 16.7. The molecular formula is C22H20FN5O3.